The van der Waals surface area contributed by atoms with Gasteiger partial charge in [0, 0.05) is 12.1 Å². The molecule has 1 aliphatic carbocycles. The largest absolute Gasteiger partial charge is 0.395 e. The molecule has 0 saturated heterocycles. The van der Waals surface area contributed by atoms with Gasteiger partial charge in [-0.15, -0.1) is 0 Å². The van der Waals surface area contributed by atoms with Crippen LogP contribution in [0, 0.1) is 0 Å². The van der Waals surface area contributed by atoms with Crippen molar-refractivity contribution in [2.45, 2.75) is 64.1 Å². The fourth-order valence-electron chi connectivity index (χ4n) is 2.13. The molecule has 0 bridgehead atoms. The number of amides is 1. The van der Waals surface area contributed by atoms with Gasteiger partial charge in [-0.25, -0.2) is 0 Å². The number of carbonyl (C=O) groups is 1. The topological polar surface area (TPSA) is 61.4 Å². The minimum absolute atomic E-state index is 0.0179. The molecule has 0 aliphatic heterocycles. The van der Waals surface area contributed by atoms with Crippen molar-refractivity contribution in [2.24, 2.45) is 0 Å². The van der Waals surface area contributed by atoms with Gasteiger partial charge in [-0.2, -0.15) is 0 Å². The van der Waals surface area contributed by atoms with E-state index in [-0.39, 0.29) is 24.6 Å². The number of hydrogen-bond acceptors (Lipinski definition) is 3. The van der Waals surface area contributed by atoms with E-state index in [1.165, 1.54) is 12.8 Å². The second-order valence-corrected chi connectivity index (χ2v) is 4.67. The van der Waals surface area contributed by atoms with Crippen molar-refractivity contribution < 1.29 is 9.90 Å². The Morgan fingerprint density at radius 2 is 2.06 bits per heavy atom. The number of carbonyl (C=O) groups excluding carboxylic acids is 1. The van der Waals surface area contributed by atoms with Crippen LogP contribution in [0.25, 0.3) is 0 Å². The summed E-state index contributed by atoms with van der Waals surface area (Å²) in [6.07, 6.45) is 5.49. The Labute approximate surface area is 97.8 Å². The Kier molecular flexibility index (Phi) is 5.77. The smallest absolute Gasteiger partial charge is 0.237 e. The molecule has 2 atom stereocenters. The van der Waals surface area contributed by atoms with E-state index < -0.39 is 0 Å². The SMILES string of the molecule is CCC(CO)NC(C)C(=O)NC1CCCC1. The molecule has 4 nitrogen and oxygen atoms in total. The van der Waals surface area contributed by atoms with Gasteiger partial charge in [0.15, 0.2) is 0 Å². The van der Waals surface area contributed by atoms with E-state index in [4.69, 9.17) is 5.11 Å². The van der Waals surface area contributed by atoms with Gasteiger partial charge in [0.05, 0.1) is 12.6 Å². The highest BCUT2D eigenvalue weighted by Crippen LogP contribution is 2.17. The van der Waals surface area contributed by atoms with E-state index in [2.05, 4.69) is 10.6 Å². The molecular formula is C12H24N2O2. The van der Waals surface area contributed by atoms with Crippen LogP contribution in [0.5, 0.6) is 0 Å². The summed E-state index contributed by atoms with van der Waals surface area (Å²) in [7, 11) is 0. The molecule has 94 valence electrons. The van der Waals surface area contributed by atoms with Crippen molar-refractivity contribution in [2.75, 3.05) is 6.61 Å². The zero-order valence-corrected chi connectivity index (χ0v) is 10.3. The molecule has 3 N–H and O–H groups in total. The van der Waals surface area contributed by atoms with Crippen LogP contribution >= 0.6 is 0 Å². The Hall–Kier alpha value is -0.610. The van der Waals surface area contributed by atoms with E-state index in [0.29, 0.717) is 6.04 Å². The number of aliphatic hydroxyl groups excluding tert-OH is 1. The Bertz CT molecular complexity index is 211. The van der Waals surface area contributed by atoms with Crippen molar-refractivity contribution in [3.05, 3.63) is 0 Å². The second kappa shape index (κ2) is 6.86. The van der Waals surface area contributed by atoms with E-state index in [9.17, 15) is 4.79 Å². The molecule has 1 saturated carbocycles. The van der Waals surface area contributed by atoms with E-state index in [0.717, 1.165) is 19.3 Å². The summed E-state index contributed by atoms with van der Waals surface area (Å²) < 4.78 is 0. The number of rotatable bonds is 6. The molecule has 1 rings (SSSR count). The lowest BCUT2D eigenvalue weighted by Crippen LogP contribution is -2.49. The van der Waals surface area contributed by atoms with Crippen LogP contribution in [0.4, 0.5) is 0 Å². The third-order valence-electron chi connectivity index (χ3n) is 3.29. The van der Waals surface area contributed by atoms with E-state index >= 15 is 0 Å². The summed E-state index contributed by atoms with van der Waals surface area (Å²) in [5.74, 6) is 0.0544. The van der Waals surface area contributed by atoms with Crippen molar-refractivity contribution in [3.63, 3.8) is 0 Å². The van der Waals surface area contributed by atoms with Crippen LogP contribution in [-0.2, 0) is 4.79 Å². The Morgan fingerprint density at radius 3 is 2.56 bits per heavy atom. The van der Waals surface area contributed by atoms with Gasteiger partial charge in [0.1, 0.15) is 0 Å². The van der Waals surface area contributed by atoms with Crippen molar-refractivity contribution >= 4 is 5.91 Å². The van der Waals surface area contributed by atoms with Crippen molar-refractivity contribution in [1.29, 1.82) is 0 Å². The quantitative estimate of drug-likeness (QED) is 0.630. The minimum Gasteiger partial charge on any atom is -0.395 e. The first-order valence-electron chi connectivity index (χ1n) is 6.34. The van der Waals surface area contributed by atoms with Gasteiger partial charge in [0.25, 0.3) is 0 Å². The average Bonchev–Trinajstić information content (AvgIpc) is 2.78. The van der Waals surface area contributed by atoms with Crippen LogP contribution in [-0.4, -0.2) is 35.7 Å². The molecular weight excluding hydrogens is 204 g/mol. The van der Waals surface area contributed by atoms with Gasteiger partial charge in [0.2, 0.25) is 5.91 Å². The molecule has 0 aromatic heterocycles. The average molecular weight is 228 g/mol. The lowest BCUT2D eigenvalue weighted by atomic mass is 10.2. The normalized spacial score (nSPS) is 20.7. The van der Waals surface area contributed by atoms with E-state index in [1.807, 2.05) is 13.8 Å². The molecule has 4 heteroatoms. The highest BCUT2D eigenvalue weighted by molar-refractivity contribution is 5.81. The molecule has 1 aliphatic rings. The summed E-state index contributed by atoms with van der Waals surface area (Å²) >= 11 is 0. The summed E-state index contributed by atoms with van der Waals surface area (Å²) in [6, 6.07) is 0.160. The summed E-state index contributed by atoms with van der Waals surface area (Å²) in [5, 5.41) is 15.2. The van der Waals surface area contributed by atoms with Crippen molar-refractivity contribution in [3.8, 4) is 0 Å². The van der Waals surface area contributed by atoms with Gasteiger partial charge < -0.3 is 15.7 Å². The molecule has 1 fully saturated rings. The Balaban J connectivity index is 2.28. The van der Waals surface area contributed by atoms with Crippen LogP contribution in [0.3, 0.4) is 0 Å². The van der Waals surface area contributed by atoms with Crippen LogP contribution in [0.15, 0.2) is 0 Å². The molecule has 1 amide bonds. The Morgan fingerprint density at radius 1 is 1.44 bits per heavy atom. The maximum atomic E-state index is 11.8. The highest BCUT2D eigenvalue weighted by Gasteiger charge is 2.21. The molecule has 0 aromatic rings. The predicted octanol–water partition coefficient (Wildman–Crippen LogP) is 0.794. The maximum Gasteiger partial charge on any atom is 0.237 e. The summed E-state index contributed by atoms with van der Waals surface area (Å²) in [5.41, 5.74) is 0. The highest BCUT2D eigenvalue weighted by atomic mass is 16.3. The molecule has 0 radical (unpaired) electrons. The maximum absolute atomic E-state index is 11.8. The summed E-state index contributed by atoms with van der Waals surface area (Å²) in [4.78, 5) is 11.8. The fraction of sp³-hybridized carbons (Fsp3) is 0.917. The number of aliphatic hydroxyl groups is 1. The molecule has 0 heterocycles. The predicted molar refractivity (Wildman–Crippen MR) is 64.2 cm³/mol. The van der Waals surface area contributed by atoms with Crippen LogP contribution in [0.1, 0.15) is 46.0 Å². The first-order chi connectivity index (χ1) is 7.67. The van der Waals surface area contributed by atoms with Crippen LogP contribution in [0.2, 0.25) is 0 Å². The molecule has 0 aromatic carbocycles. The van der Waals surface area contributed by atoms with Gasteiger partial charge >= 0.3 is 0 Å². The lowest BCUT2D eigenvalue weighted by Gasteiger charge is -2.21. The fourth-order valence-corrected chi connectivity index (χ4v) is 2.13. The molecule has 16 heavy (non-hydrogen) atoms. The van der Waals surface area contributed by atoms with Crippen LogP contribution < -0.4 is 10.6 Å². The molecule has 2 unspecified atom stereocenters. The van der Waals surface area contributed by atoms with E-state index in [1.54, 1.807) is 0 Å². The van der Waals surface area contributed by atoms with Crippen molar-refractivity contribution in [1.82, 2.24) is 10.6 Å². The number of hydrogen-bond donors (Lipinski definition) is 3. The third-order valence-corrected chi connectivity index (χ3v) is 3.29. The zero-order chi connectivity index (χ0) is 12.0. The zero-order valence-electron chi connectivity index (χ0n) is 10.3. The first kappa shape index (κ1) is 13.5. The standard InChI is InChI=1S/C12H24N2O2/c1-3-10(8-15)13-9(2)12(16)14-11-6-4-5-7-11/h9-11,13,15H,3-8H2,1-2H3,(H,14,16). The second-order valence-electron chi connectivity index (χ2n) is 4.67. The minimum atomic E-state index is -0.224. The van der Waals surface area contributed by atoms with Gasteiger partial charge in [-0.05, 0) is 26.2 Å². The number of nitrogens with one attached hydrogen (secondary N) is 2. The molecule has 0 spiro atoms. The first-order valence-corrected chi connectivity index (χ1v) is 6.34. The van der Waals surface area contributed by atoms with Gasteiger partial charge in [-0.1, -0.05) is 19.8 Å². The monoisotopic (exact) mass is 228 g/mol. The van der Waals surface area contributed by atoms with Gasteiger partial charge in [-0.3, -0.25) is 4.79 Å². The summed E-state index contributed by atoms with van der Waals surface area (Å²) in [6.45, 7) is 3.93. The third kappa shape index (κ3) is 4.10. The lowest BCUT2D eigenvalue weighted by molar-refractivity contribution is -0.123.